The topological polar surface area (TPSA) is 103 Å². The van der Waals surface area contributed by atoms with Gasteiger partial charge in [-0.15, -0.1) is 11.3 Å². The second-order valence-corrected chi connectivity index (χ2v) is 6.22. The van der Waals surface area contributed by atoms with Crippen LogP contribution in [0.1, 0.15) is 16.2 Å². The van der Waals surface area contributed by atoms with Crippen molar-refractivity contribution in [1.29, 1.82) is 0 Å². The first kappa shape index (κ1) is 18.5. The van der Waals surface area contributed by atoms with Crippen molar-refractivity contribution in [3.05, 3.63) is 53.4 Å². The normalized spacial score (nSPS) is 10.3. The van der Waals surface area contributed by atoms with Gasteiger partial charge in [-0.1, -0.05) is 0 Å². The third-order valence-corrected chi connectivity index (χ3v) is 4.35. The largest absolute Gasteiger partial charge is 0.497 e. The standard InChI is InChI=1S/C18H17N3O5S/c1-24-12-5-6-14(25-2)13(9-12)20-16(22)8-11-10-27-18(19-11)21-17(23)15-4-3-7-26-15/h3-7,9-10H,8H2,1-2H3,(H,20,22)(H,19,21,23). The Morgan fingerprint density at radius 1 is 1.19 bits per heavy atom. The van der Waals surface area contributed by atoms with E-state index in [1.165, 1.54) is 24.7 Å². The molecule has 0 saturated heterocycles. The van der Waals surface area contributed by atoms with Crippen LogP contribution in [-0.2, 0) is 11.2 Å². The van der Waals surface area contributed by atoms with E-state index >= 15 is 0 Å². The molecule has 0 aliphatic carbocycles. The van der Waals surface area contributed by atoms with Crippen molar-refractivity contribution in [3.63, 3.8) is 0 Å². The van der Waals surface area contributed by atoms with Gasteiger partial charge in [0.2, 0.25) is 5.91 Å². The van der Waals surface area contributed by atoms with Gasteiger partial charge in [0.25, 0.3) is 5.91 Å². The second kappa shape index (κ2) is 8.37. The van der Waals surface area contributed by atoms with Gasteiger partial charge < -0.3 is 19.2 Å². The number of nitrogens with zero attached hydrogens (tertiary/aromatic N) is 1. The molecule has 0 unspecified atom stereocenters. The van der Waals surface area contributed by atoms with Gasteiger partial charge in [-0.25, -0.2) is 4.98 Å². The summed E-state index contributed by atoms with van der Waals surface area (Å²) in [4.78, 5) is 28.5. The minimum atomic E-state index is -0.397. The molecule has 0 aliphatic heterocycles. The lowest BCUT2D eigenvalue weighted by molar-refractivity contribution is -0.115. The maximum atomic E-state index is 12.3. The fraction of sp³-hybridized carbons (Fsp3) is 0.167. The highest BCUT2D eigenvalue weighted by Gasteiger charge is 2.14. The molecule has 8 nitrogen and oxygen atoms in total. The van der Waals surface area contributed by atoms with E-state index in [1.54, 1.807) is 42.8 Å². The molecule has 0 spiro atoms. The molecule has 0 radical (unpaired) electrons. The smallest absolute Gasteiger partial charge is 0.293 e. The fourth-order valence-corrected chi connectivity index (χ4v) is 2.99. The van der Waals surface area contributed by atoms with Crippen molar-refractivity contribution in [1.82, 2.24) is 4.98 Å². The number of benzene rings is 1. The summed E-state index contributed by atoms with van der Waals surface area (Å²) in [5, 5.41) is 7.50. The Balaban J connectivity index is 1.62. The van der Waals surface area contributed by atoms with Crippen LogP contribution < -0.4 is 20.1 Å². The Hall–Kier alpha value is -3.33. The summed E-state index contributed by atoms with van der Waals surface area (Å²) < 4.78 is 15.4. The minimum absolute atomic E-state index is 0.0491. The van der Waals surface area contributed by atoms with Gasteiger partial charge in [0.15, 0.2) is 10.9 Å². The summed E-state index contributed by atoms with van der Waals surface area (Å²) in [5.41, 5.74) is 1.04. The maximum absolute atomic E-state index is 12.3. The summed E-state index contributed by atoms with van der Waals surface area (Å²) in [6.07, 6.45) is 1.47. The van der Waals surface area contributed by atoms with Gasteiger partial charge in [0.1, 0.15) is 11.5 Å². The first-order valence-electron chi connectivity index (χ1n) is 7.90. The van der Waals surface area contributed by atoms with Crippen LogP contribution in [0.2, 0.25) is 0 Å². The number of rotatable bonds is 7. The van der Waals surface area contributed by atoms with E-state index in [4.69, 9.17) is 13.9 Å². The summed E-state index contributed by atoms with van der Waals surface area (Å²) >= 11 is 1.23. The predicted molar refractivity (Wildman–Crippen MR) is 101 cm³/mol. The van der Waals surface area contributed by atoms with E-state index in [2.05, 4.69) is 15.6 Å². The van der Waals surface area contributed by atoms with Crippen LogP contribution in [0.15, 0.2) is 46.4 Å². The molecule has 2 amide bonds. The van der Waals surface area contributed by atoms with Crippen molar-refractivity contribution < 1.29 is 23.5 Å². The zero-order valence-corrected chi connectivity index (χ0v) is 15.5. The SMILES string of the molecule is COc1ccc(OC)c(NC(=O)Cc2csc(NC(=O)c3ccco3)n2)c1. The van der Waals surface area contributed by atoms with Gasteiger partial charge in [0.05, 0.1) is 38.3 Å². The highest BCUT2D eigenvalue weighted by atomic mass is 32.1. The molecule has 140 valence electrons. The number of aromatic nitrogens is 1. The van der Waals surface area contributed by atoms with Crippen LogP contribution in [0.4, 0.5) is 10.8 Å². The summed E-state index contributed by atoms with van der Waals surface area (Å²) in [7, 11) is 3.06. The first-order chi connectivity index (χ1) is 13.1. The number of anilines is 2. The third-order valence-electron chi connectivity index (χ3n) is 3.54. The average molecular weight is 387 g/mol. The van der Waals surface area contributed by atoms with E-state index in [0.717, 1.165) is 0 Å². The number of furan rings is 1. The number of thiazole rings is 1. The van der Waals surface area contributed by atoms with Crippen LogP contribution in [0.5, 0.6) is 11.5 Å². The number of ether oxygens (including phenoxy) is 2. The minimum Gasteiger partial charge on any atom is -0.497 e. The number of hydrogen-bond acceptors (Lipinski definition) is 7. The molecule has 3 rings (SSSR count). The summed E-state index contributed by atoms with van der Waals surface area (Å²) in [5.74, 6) is 0.647. The van der Waals surface area contributed by atoms with Crippen LogP contribution in [0.25, 0.3) is 0 Å². The number of carbonyl (C=O) groups excluding carboxylic acids is 2. The first-order valence-corrected chi connectivity index (χ1v) is 8.78. The number of nitrogens with one attached hydrogen (secondary N) is 2. The Morgan fingerprint density at radius 2 is 2.04 bits per heavy atom. The monoisotopic (exact) mass is 387 g/mol. The van der Waals surface area contributed by atoms with Gasteiger partial charge >= 0.3 is 0 Å². The van der Waals surface area contributed by atoms with Crippen molar-refractivity contribution in [2.45, 2.75) is 6.42 Å². The van der Waals surface area contributed by atoms with Crippen molar-refractivity contribution in [2.24, 2.45) is 0 Å². The van der Waals surface area contributed by atoms with Gasteiger partial charge in [-0.05, 0) is 24.3 Å². The summed E-state index contributed by atoms with van der Waals surface area (Å²) in [6, 6.07) is 8.30. The maximum Gasteiger partial charge on any atom is 0.293 e. The third kappa shape index (κ3) is 4.64. The molecule has 3 aromatic rings. The highest BCUT2D eigenvalue weighted by Crippen LogP contribution is 2.29. The Kier molecular flexibility index (Phi) is 5.72. The van der Waals surface area contributed by atoms with Crippen LogP contribution in [0.3, 0.4) is 0 Å². The predicted octanol–water partition coefficient (Wildman–Crippen LogP) is 3.19. The molecule has 9 heteroatoms. The molecular weight excluding hydrogens is 370 g/mol. The Bertz CT molecular complexity index is 936. The Labute approximate surface area is 159 Å². The molecule has 0 saturated carbocycles. The van der Waals surface area contributed by atoms with Gasteiger partial charge in [-0.3, -0.25) is 14.9 Å². The number of hydrogen-bond donors (Lipinski definition) is 2. The molecule has 0 atom stereocenters. The zero-order chi connectivity index (χ0) is 19.2. The number of methoxy groups -OCH3 is 2. The lowest BCUT2D eigenvalue weighted by Gasteiger charge is -2.11. The van der Waals surface area contributed by atoms with Gasteiger partial charge in [-0.2, -0.15) is 0 Å². The van der Waals surface area contributed by atoms with Crippen LogP contribution in [-0.4, -0.2) is 31.0 Å². The molecule has 27 heavy (non-hydrogen) atoms. The number of amides is 2. The lowest BCUT2D eigenvalue weighted by Crippen LogP contribution is -2.15. The highest BCUT2D eigenvalue weighted by molar-refractivity contribution is 7.14. The molecule has 0 fully saturated rings. The van der Waals surface area contributed by atoms with Crippen molar-refractivity contribution >= 4 is 34.0 Å². The zero-order valence-electron chi connectivity index (χ0n) is 14.6. The molecule has 0 aliphatic rings. The Morgan fingerprint density at radius 3 is 2.74 bits per heavy atom. The lowest BCUT2D eigenvalue weighted by atomic mass is 10.2. The van der Waals surface area contributed by atoms with E-state index < -0.39 is 5.91 Å². The second-order valence-electron chi connectivity index (χ2n) is 5.37. The molecular formula is C18H17N3O5S. The van der Waals surface area contributed by atoms with Gasteiger partial charge in [0, 0.05) is 11.4 Å². The molecule has 2 aromatic heterocycles. The molecule has 2 heterocycles. The van der Waals surface area contributed by atoms with Crippen LogP contribution in [0, 0.1) is 0 Å². The number of carbonyl (C=O) groups is 2. The summed E-state index contributed by atoms with van der Waals surface area (Å²) in [6.45, 7) is 0. The molecule has 2 N–H and O–H groups in total. The van der Waals surface area contributed by atoms with E-state index in [1.807, 2.05) is 0 Å². The fourth-order valence-electron chi connectivity index (χ4n) is 2.28. The molecule has 0 bridgehead atoms. The van der Waals surface area contributed by atoms with E-state index in [0.29, 0.717) is 28.0 Å². The van der Waals surface area contributed by atoms with Crippen LogP contribution >= 0.6 is 11.3 Å². The molecule has 1 aromatic carbocycles. The van der Waals surface area contributed by atoms with E-state index in [-0.39, 0.29) is 18.1 Å². The average Bonchev–Trinajstić information content (AvgIpc) is 3.33. The van der Waals surface area contributed by atoms with Crippen molar-refractivity contribution in [3.8, 4) is 11.5 Å². The van der Waals surface area contributed by atoms with Crippen molar-refractivity contribution in [2.75, 3.05) is 24.9 Å². The van der Waals surface area contributed by atoms with E-state index in [9.17, 15) is 9.59 Å². The quantitative estimate of drug-likeness (QED) is 0.645.